The summed E-state index contributed by atoms with van der Waals surface area (Å²) in [6, 6.07) is 1.39. The van der Waals surface area contributed by atoms with E-state index in [-0.39, 0.29) is 17.2 Å². The Bertz CT molecular complexity index is 545. The van der Waals surface area contributed by atoms with Crippen LogP contribution in [0.1, 0.15) is 39.0 Å². The predicted molar refractivity (Wildman–Crippen MR) is 75.7 cm³/mol. The maximum Gasteiger partial charge on any atom is 0.330 e. The lowest BCUT2D eigenvalue weighted by Crippen LogP contribution is -2.36. The molecule has 0 aromatic carbocycles. The standard InChI is InChI=1S/C14H22N2O4/c1-3-13(18)20-11-7-5-4-6-9-16-10-8-12(17)15(2)14(16)19/h8,10H,3-7,9,11H2,1-2H3. The fourth-order valence-electron chi connectivity index (χ4n) is 1.81. The lowest BCUT2D eigenvalue weighted by molar-refractivity contribution is -0.143. The number of rotatable bonds is 8. The maximum absolute atomic E-state index is 11.7. The van der Waals surface area contributed by atoms with Gasteiger partial charge in [0.15, 0.2) is 0 Å². The fourth-order valence-corrected chi connectivity index (χ4v) is 1.81. The molecule has 6 heteroatoms. The van der Waals surface area contributed by atoms with E-state index in [4.69, 9.17) is 4.74 Å². The molecule has 0 unspecified atom stereocenters. The Morgan fingerprint density at radius 2 is 1.90 bits per heavy atom. The molecule has 0 aliphatic rings. The first-order valence-corrected chi connectivity index (χ1v) is 6.98. The molecular weight excluding hydrogens is 260 g/mol. The van der Waals surface area contributed by atoms with Crippen LogP contribution >= 0.6 is 0 Å². The summed E-state index contributed by atoms with van der Waals surface area (Å²) in [4.78, 5) is 33.9. The zero-order chi connectivity index (χ0) is 15.0. The van der Waals surface area contributed by atoms with Gasteiger partial charge in [0.05, 0.1) is 6.61 Å². The van der Waals surface area contributed by atoms with Crippen LogP contribution in [-0.4, -0.2) is 21.7 Å². The zero-order valence-electron chi connectivity index (χ0n) is 12.1. The van der Waals surface area contributed by atoms with Crippen molar-refractivity contribution in [3.8, 4) is 0 Å². The minimum Gasteiger partial charge on any atom is -0.466 e. The number of hydrogen-bond acceptors (Lipinski definition) is 4. The Kier molecular flexibility index (Phi) is 6.76. The molecule has 112 valence electrons. The van der Waals surface area contributed by atoms with Crippen LogP contribution in [-0.2, 0) is 23.1 Å². The molecule has 1 aromatic rings. The highest BCUT2D eigenvalue weighted by molar-refractivity contribution is 5.68. The number of ether oxygens (including phenoxy) is 1. The van der Waals surface area contributed by atoms with Gasteiger partial charge in [0, 0.05) is 32.3 Å². The van der Waals surface area contributed by atoms with Gasteiger partial charge in [-0.25, -0.2) is 4.79 Å². The van der Waals surface area contributed by atoms with Crippen LogP contribution in [0.2, 0.25) is 0 Å². The van der Waals surface area contributed by atoms with Crippen molar-refractivity contribution in [2.75, 3.05) is 6.61 Å². The minimum absolute atomic E-state index is 0.165. The third kappa shape index (κ3) is 5.03. The molecule has 0 N–H and O–H groups in total. The number of aryl methyl sites for hydroxylation is 1. The first kappa shape index (κ1) is 16.2. The van der Waals surface area contributed by atoms with Crippen LogP contribution in [0.15, 0.2) is 21.9 Å². The lowest BCUT2D eigenvalue weighted by Gasteiger charge is -2.07. The van der Waals surface area contributed by atoms with Gasteiger partial charge in [-0.3, -0.25) is 14.2 Å². The lowest BCUT2D eigenvalue weighted by atomic mass is 10.2. The topological polar surface area (TPSA) is 70.3 Å². The molecule has 0 bridgehead atoms. The summed E-state index contributed by atoms with van der Waals surface area (Å²) in [6.45, 7) is 2.83. The monoisotopic (exact) mass is 282 g/mol. The van der Waals surface area contributed by atoms with Crippen LogP contribution in [0.3, 0.4) is 0 Å². The van der Waals surface area contributed by atoms with E-state index < -0.39 is 0 Å². The molecule has 0 atom stereocenters. The highest BCUT2D eigenvalue weighted by Crippen LogP contribution is 2.02. The van der Waals surface area contributed by atoms with Crippen LogP contribution < -0.4 is 11.2 Å². The summed E-state index contributed by atoms with van der Waals surface area (Å²) in [7, 11) is 1.48. The number of aromatic nitrogens is 2. The highest BCUT2D eigenvalue weighted by atomic mass is 16.5. The van der Waals surface area contributed by atoms with Gasteiger partial charge in [-0.15, -0.1) is 0 Å². The number of carbonyl (C=O) groups excluding carboxylic acids is 1. The van der Waals surface area contributed by atoms with E-state index in [2.05, 4.69) is 0 Å². The third-order valence-corrected chi connectivity index (χ3v) is 3.11. The van der Waals surface area contributed by atoms with E-state index >= 15 is 0 Å². The van der Waals surface area contributed by atoms with Crippen molar-refractivity contribution in [1.82, 2.24) is 9.13 Å². The normalized spacial score (nSPS) is 10.5. The van der Waals surface area contributed by atoms with Crippen molar-refractivity contribution in [3.63, 3.8) is 0 Å². The fraction of sp³-hybridized carbons (Fsp3) is 0.643. The summed E-state index contributed by atoms with van der Waals surface area (Å²) in [5, 5.41) is 0. The summed E-state index contributed by atoms with van der Waals surface area (Å²) < 4.78 is 7.61. The Hall–Kier alpha value is -1.85. The number of nitrogens with zero attached hydrogens (tertiary/aromatic N) is 2. The molecular formula is C14H22N2O4. The van der Waals surface area contributed by atoms with Gasteiger partial charge in [-0.2, -0.15) is 0 Å². The van der Waals surface area contributed by atoms with Crippen LogP contribution in [0.25, 0.3) is 0 Å². The van der Waals surface area contributed by atoms with E-state index in [1.54, 1.807) is 11.5 Å². The Morgan fingerprint density at radius 3 is 2.60 bits per heavy atom. The molecule has 20 heavy (non-hydrogen) atoms. The largest absolute Gasteiger partial charge is 0.466 e. The summed E-state index contributed by atoms with van der Waals surface area (Å²) >= 11 is 0. The molecule has 0 spiro atoms. The molecule has 0 radical (unpaired) electrons. The highest BCUT2D eigenvalue weighted by Gasteiger charge is 2.01. The summed E-state index contributed by atoms with van der Waals surface area (Å²) in [5.74, 6) is -0.165. The van der Waals surface area contributed by atoms with Gasteiger partial charge in [0.25, 0.3) is 5.56 Å². The van der Waals surface area contributed by atoms with Crippen molar-refractivity contribution >= 4 is 5.97 Å². The number of esters is 1. The van der Waals surface area contributed by atoms with Crippen LogP contribution in [0.4, 0.5) is 0 Å². The summed E-state index contributed by atoms with van der Waals surface area (Å²) in [6.07, 6.45) is 5.56. The number of hydrogen-bond donors (Lipinski definition) is 0. The van der Waals surface area contributed by atoms with Crippen molar-refractivity contribution in [2.24, 2.45) is 7.05 Å². The molecule has 0 amide bonds. The Labute approximate surface area is 118 Å². The van der Waals surface area contributed by atoms with Crippen molar-refractivity contribution in [1.29, 1.82) is 0 Å². The Balaban J connectivity index is 2.22. The molecule has 0 saturated heterocycles. The van der Waals surface area contributed by atoms with Gasteiger partial charge in [0.2, 0.25) is 0 Å². The first-order chi connectivity index (χ1) is 9.56. The molecule has 1 rings (SSSR count). The predicted octanol–water partition coefficient (Wildman–Crippen LogP) is 1.06. The van der Waals surface area contributed by atoms with Crippen molar-refractivity contribution < 1.29 is 9.53 Å². The van der Waals surface area contributed by atoms with E-state index in [1.807, 2.05) is 0 Å². The van der Waals surface area contributed by atoms with Gasteiger partial charge in [-0.1, -0.05) is 13.3 Å². The maximum atomic E-state index is 11.7. The second-order valence-corrected chi connectivity index (χ2v) is 4.68. The quantitative estimate of drug-likeness (QED) is 0.528. The van der Waals surface area contributed by atoms with E-state index in [1.165, 1.54) is 19.3 Å². The van der Waals surface area contributed by atoms with E-state index in [9.17, 15) is 14.4 Å². The minimum atomic E-state index is -0.288. The van der Waals surface area contributed by atoms with Crippen molar-refractivity contribution in [3.05, 3.63) is 33.1 Å². The number of unbranched alkanes of at least 4 members (excludes halogenated alkanes) is 3. The molecule has 1 aromatic heterocycles. The molecule has 6 nitrogen and oxygen atoms in total. The van der Waals surface area contributed by atoms with Crippen molar-refractivity contribution in [2.45, 2.75) is 45.6 Å². The van der Waals surface area contributed by atoms with Gasteiger partial charge in [-0.05, 0) is 19.3 Å². The second-order valence-electron chi connectivity index (χ2n) is 4.68. The van der Waals surface area contributed by atoms with Gasteiger partial charge in [0.1, 0.15) is 0 Å². The SMILES string of the molecule is CCC(=O)OCCCCCCn1ccc(=O)n(C)c1=O. The molecule has 0 saturated carbocycles. The molecule has 0 fully saturated rings. The Morgan fingerprint density at radius 1 is 1.20 bits per heavy atom. The number of carbonyl (C=O) groups is 1. The summed E-state index contributed by atoms with van der Waals surface area (Å²) in [5.41, 5.74) is -0.571. The molecule has 1 heterocycles. The average molecular weight is 282 g/mol. The van der Waals surface area contributed by atoms with Gasteiger partial charge < -0.3 is 9.30 Å². The van der Waals surface area contributed by atoms with E-state index in [0.29, 0.717) is 19.6 Å². The van der Waals surface area contributed by atoms with Gasteiger partial charge >= 0.3 is 11.7 Å². The third-order valence-electron chi connectivity index (χ3n) is 3.11. The van der Waals surface area contributed by atoms with E-state index in [0.717, 1.165) is 30.3 Å². The second kappa shape index (κ2) is 8.35. The smallest absolute Gasteiger partial charge is 0.330 e. The first-order valence-electron chi connectivity index (χ1n) is 6.98. The molecule has 0 aliphatic carbocycles. The zero-order valence-corrected chi connectivity index (χ0v) is 12.1. The molecule has 0 aliphatic heterocycles. The average Bonchev–Trinajstić information content (AvgIpc) is 2.45. The van der Waals surface area contributed by atoms with Crippen LogP contribution in [0, 0.1) is 0 Å². The van der Waals surface area contributed by atoms with Crippen LogP contribution in [0.5, 0.6) is 0 Å².